The van der Waals surface area contributed by atoms with Crippen LogP contribution in [0.25, 0.3) is 0 Å². The molecule has 0 aliphatic heterocycles. The number of alkyl halides is 3. The molecule has 0 spiro atoms. The maximum Gasteiger partial charge on any atom is 0.416 e. The van der Waals surface area contributed by atoms with Crippen LogP contribution >= 0.6 is 0 Å². The number of nitrogens with zero attached hydrogens (tertiary/aromatic N) is 1. The lowest BCUT2D eigenvalue weighted by Crippen LogP contribution is -2.08. The van der Waals surface area contributed by atoms with Crippen LogP contribution in [0.1, 0.15) is 12.5 Å². The van der Waals surface area contributed by atoms with Gasteiger partial charge in [-0.15, -0.1) is 0 Å². The quantitative estimate of drug-likeness (QED) is 0.906. The van der Waals surface area contributed by atoms with Crippen molar-refractivity contribution >= 4 is 5.82 Å². The highest BCUT2D eigenvalue weighted by molar-refractivity contribution is 5.43. The molecule has 3 nitrogen and oxygen atoms in total. The van der Waals surface area contributed by atoms with E-state index in [4.69, 9.17) is 4.74 Å². The van der Waals surface area contributed by atoms with Crippen molar-refractivity contribution in [2.75, 3.05) is 11.9 Å². The molecule has 1 aromatic heterocycles. The molecule has 6 heteroatoms. The van der Waals surface area contributed by atoms with Crippen LogP contribution in [0.4, 0.5) is 19.0 Å². The number of rotatable bonds is 4. The SMILES string of the molecule is CCNc1cc(C(F)(F)F)cc(Oc2ccccc2)n1. The molecule has 0 bridgehead atoms. The van der Waals surface area contributed by atoms with Gasteiger partial charge in [-0.2, -0.15) is 18.2 Å². The molecule has 0 radical (unpaired) electrons. The Kier molecular flexibility index (Phi) is 4.12. The van der Waals surface area contributed by atoms with Gasteiger partial charge >= 0.3 is 6.18 Å². The molecule has 2 rings (SSSR count). The second-order valence-electron chi connectivity index (χ2n) is 4.02. The maximum absolute atomic E-state index is 12.8. The first-order valence-electron chi connectivity index (χ1n) is 6.05. The molecule has 0 unspecified atom stereocenters. The molecule has 1 N–H and O–H groups in total. The Morgan fingerprint density at radius 3 is 2.45 bits per heavy atom. The van der Waals surface area contributed by atoms with Crippen molar-refractivity contribution in [3.63, 3.8) is 0 Å². The van der Waals surface area contributed by atoms with Gasteiger partial charge in [0.2, 0.25) is 5.88 Å². The summed E-state index contributed by atoms with van der Waals surface area (Å²) in [7, 11) is 0. The van der Waals surface area contributed by atoms with E-state index in [1.54, 1.807) is 37.3 Å². The van der Waals surface area contributed by atoms with Crippen molar-refractivity contribution in [3.05, 3.63) is 48.0 Å². The first kappa shape index (κ1) is 14.2. The third kappa shape index (κ3) is 3.63. The Hall–Kier alpha value is -2.24. The number of anilines is 1. The molecule has 20 heavy (non-hydrogen) atoms. The second-order valence-corrected chi connectivity index (χ2v) is 4.02. The average molecular weight is 282 g/mol. The Morgan fingerprint density at radius 1 is 1.15 bits per heavy atom. The minimum Gasteiger partial charge on any atom is -0.439 e. The van der Waals surface area contributed by atoms with E-state index in [0.29, 0.717) is 12.3 Å². The maximum atomic E-state index is 12.8. The van der Waals surface area contributed by atoms with E-state index in [9.17, 15) is 13.2 Å². The molecule has 1 aromatic carbocycles. The molecule has 1 heterocycles. The number of ether oxygens (including phenoxy) is 1. The third-order valence-electron chi connectivity index (χ3n) is 2.45. The van der Waals surface area contributed by atoms with Crippen LogP contribution in [0.15, 0.2) is 42.5 Å². The van der Waals surface area contributed by atoms with Crippen LogP contribution in [0, 0.1) is 0 Å². The van der Waals surface area contributed by atoms with Crippen molar-refractivity contribution in [2.24, 2.45) is 0 Å². The summed E-state index contributed by atoms with van der Waals surface area (Å²) in [5, 5.41) is 2.76. The highest BCUT2D eigenvalue weighted by Crippen LogP contribution is 2.33. The van der Waals surface area contributed by atoms with Gasteiger partial charge in [-0.05, 0) is 25.1 Å². The zero-order chi connectivity index (χ0) is 14.6. The third-order valence-corrected chi connectivity index (χ3v) is 2.45. The normalized spacial score (nSPS) is 11.2. The van der Waals surface area contributed by atoms with Crippen molar-refractivity contribution in [1.29, 1.82) is 0 Å². The van der Waals surface area contributed by atoms with Crippen molar-refractivity contribution in [1.82, 2.24) is 4.98 Å². The summed E-state index contributed by atoms with van der Waals surface area (Å²) in [6.07, 6.45) is -4.44. The summed E-state index contributed by atoms with van der Waals surface area (Å²) in [6.45, 7) is 2.25. The van der Waals surface area contributed by atoms with Gasteiger partial charge in [0, 0.05) is 12.6 Å². The van der Waals surface area contributed by atoms with E-state index in [0.717, 1.165) is 12.1 Å². The average Bonchev–Trinajstić information content (AvgIpc) is 2.39. The van der Waals surface area contributed by atoms with Crippen molar-refractivity contribution in [3.8, 4) is 11.6 Å². The lowest BCUT2D eigenvalue weighted by Gasteiger charge is -2.12. The van der Waals surface area contributed by atoms with Gasteiger partial charge in [0.05, 0.1) is 5.56 Å². The molecule has 106 valence electrons. The van der Waals surface area contributed by atoms with Crippen LogP contribution in [0.2, 0.25) is 0 Å². The minimum atomic E-state index is -4.44. The molecule has 0 aliphatic carbocycles. The van der Waals surface area contributed by atoms with E-state index in [1.807, 2.05) is 0 Å². The Labute approximate surface area is 114 Å². The molecule has 0 saturated heterocycles. The lowest BCUT2D eigenvalue weighted by molar-refractivity contribution is -0.137. The van der Waals surface area contributed by atoms with Gasteiger partial charge in [-0.1, -0.05) is 18.2 Å². The summed E-state index contributed by atoms with van der Waals surface area (Å²) < 4.78 is 43.8. The summed E-state index contributed by atoms with van der Waals surface area (Å²) >= 11 is 0. The Balaban J connectivity index is 2.34. The number of hydrogen-bond donors (Lipinski definition) is 1. The molecular weight excluding hydrogens is 269 g/mol. The Morgan fingerprint density at radius 2 is 1.85 bits per heavy atom. The molecule has 0 fully saturated rings. The van der Waals surface area contributed by atoms with Gasteiger partial charge < -0.3 is 10.1 Å². The first-order chi connectivity index (χ1) is 9.49. The molecule has 0 atom stereocenters. The van der Waals surface area contributed by atoms with Crippen LogP contribution in [-0.4, -0.2) is 11.5 Å². The van der Waals surface area contributed by atoms with E-state index < -0.39 is 11.7 Å². The number of para-hydroxylation sites is 1. The predicted octanol–water partition coefficient (Wildman–Crippen LogP) is 4.32. The highest BCUT2D eigenvalue weighted by atomic mass is 19.4. The standard InChI is InChI=1S/C14H13F3N2O/c1-2-18-12-8-10(14(15,16)17)9-13(19-12)20-11-6-4-3-5-7-11/h3-9H,2H2,1H3,(H,18,19). The largest absolute Gasteiger partial charge is 0.439 e. The van der Waals surface area contributed by atoms with E-state index >= 15 is 0 Å². The summed E-state index contributed by atoms with van der Waals surface area (Å²) in [5.74, 6) is 0.469. The first-order valence-corrected chi connectivity index (χ1v) is 6.05. The van der Waals surface area contributed by atoms with Gasteiger partial charge in [0.25, 0.3) is 0 Å². The molecular formula is C14H13F3N2O. The topological polar surface area (TPSA) is 34.1 Å². The smallest absolute Gasteiger partial charge is 0.416 e. The zero-order valence-corrected chi connectivity index (χ0v) is 10.7. The number of benzene rings is 1. The second kappa shape index (κ2) is 5.81. The number of hydrogen-bond acceptors (Lipinski definition) is 3. The Bertz CT molecular complexity index is 570. The van der Waals surface area contributed by atoms with Crippen LogP contribution in [-0.2, 0) is 6.18 Å². The fraction of sp³-hybridized carbons (Fsp3) is 0.214. The molecule has 0 aliphatic rings. The van der Waals surface area contributed by atoms with Crippen LogP contribution < -0.4 is 10.1 Å². The van der Waals surface area contributed by atoms with Crippen molar-refractivity contribution < 1.29 is 17.9 Å². The predicted molar refractivity (Wildman–Crippen MR) is 69.9 cm³/mol. The fourth-order valence-corrected chi connectivity index (χ4v) is 1.60. The summed E-state index contributed by atoms with van der Waals surface area (Å²) in [4.78, 5) is 4.00. The molecule has 0 amide bonds. The van der Waals surface area contributed by atoms with Crippen LogP contribution in [0.3, 0.4) is 0 Å². The molecule has 0 saturated carbocycles. The number of halogens is 3. The fourth-order valence-electron chi connectivity index (χ4n) is 1.60. The van der Waals surface area contributed by atoms with Gasteiger partial charge in [0.15, 0.2) is 0 Å². The van der Waals surface area contributed by atoms with E-state index in [1.165, 1.54) is 0 Å². The molecule has 2 aromatic rings. The van der Waals surface area contributed by atoms with Gasteiger partial charge in [-0.3, -0.25) is 0 Å². The van der Waals surface area contributed by atoms with E-state index in [-0.39, 0.29) is 11.7 Å². The highest BCUT2D eigenvalue weighted by Gasteiger charge is 2.32. The number of aromatic nitrogens is 1. The summed E-state index contributed by atoms with van der Waals surface area (Å²) in [6, 6.07) is 10.4. The van der Waals surface area contributed by atoms with Crippen LogP contribution in [0.5, 0.6) is 11.6 Å². The monoisotopic (exact) mass is 282 g/mol. The summed E-state index contributed by atoms with van der Waals surface area (Å²) in [5.41, 5.74) is -0.797. The number of nitrogens with one attached hydrogen (secondary N) is 1. The zero-order valence-electron chi connectivity index (χ0n) is 10.7. The lowest BCUT2D eigenvalue weighted by atomic mass is 10.2. The minimum absolute atomic E-state index is 0.0954. The van der Waals surface area contributed by atoms with E-state index in [2.05, 4.69) is 10.3 Å². The van der Waals surface area contributed by atoms with Gasteiger partial charge in [0.1, 0.15) is 11.6 Å². The van der Waals surface area contributed by atoms with Gasteiger partial charge in [-0.25, -0.2) is 0 Å². The number of pyridine rings is 1. The van der Waals surface area contributed by atoms with Crippen molar-refractivity contribution in [2.45, 2.75) is 13.1 Å².